The van der Waals surface area contributed by atoms with Crippen LogP contribution in [-0.2, 0) is 4.79 Å². The van der Waals surface area contributed by atoms with Crippen LogP contribution in [0.5, 0.6) is 0 Å². The molecule has 5 nitrogen and oxygen atoms in total. The molecule has 172 valence electrons. The van der Waals surface area contributed by atoms with Gasteiger partial charge in [-0.2, -0.15) is 0 Å². The number of hydrogen-bond donors (Lipinski definition) is 1. The van der Waals surface area contributed by atoms with E-state index in [0.717, 1.165) is 63.4 Å². The number of benzene rings is 2. The maximum atomic E-state index is 14.0. The van der Waals surface area contributed by atoms with Gasteiger partial charge in [0.05, 0.1) is 11.5 Å². The molecule has 1 spiro atoms. The van der Waals surface area contributed by atoms with E-state index in [1.165, 1.54) is 6.92 Å². The second-order valence-corrected chi connectivity index (χ2v) is 9.92. The first-order valence-corrected chi connectivity index (χ1v) is 12.4. The van der Waals surface area contributed by atoms with E-state index in [0.29, 0.717) is 16.8 Å². The van der Waals surface area contributed by atoms with Crippen LogP contribution in [-0.4, -0.2) is 34.1 Å². The van der Waals surface area contributed by atoms with Gasteiger partial charge < -0.3 is 10.2 Å². The molecular weight excluding hydrogens is 412 g/mol. The standard InChI is InChI=1S/C28H32N2O3/c1-19(31)20-10-9-11-21(18-20)29-26(32)25-23-14-5-6-15-24(23)27(33)30(22-12-3-4-13-22)28(25)16-7-2-8-17-28/h5-6,9-11,14-15,18,22,25H,2-4,7-8,12-13,16-17H2,1H3,(H,29,32)/t25-/m1/s1. The van der Waals surface area contributed by atoms with Gasteiger partial charge in [0.15, 0.2) is 5.78 Å². The zero-order valence-electron chi connectivity index (χ0n) is 19.3. The predicted octanol–water partition coefficient (Wildman–Crippen LogP) is 5.71. The molecule has 0 unspecified atom stereocenters. The SMILES string of the molecule is CC(=O)c1cccc(NC(=O)[C@H]2c3ccccc3C(=O)N(C3CCCC3)C23CCCCC3)c1. The molecule has 5 heteroatoms. The molecule has 2 amide bonds. The number of amides is 2. The molecule has 2 aromatic carbocycles. The van der Waals surface area contributed by atoms with Gasteiger partial charge in [0, 0.05) is 22.9 Å². The topological polar surface area (TPSA) is 66.5 Å². The Bertz CT molecular complexity index is 1080. The molecule has 1 N–H and O–H groups in total. The Balaban J connectivity index is 1.60. The molecule has 3 aliphatic rings. The van der Waals surface area contributed by atoms with Gasteiger partial charge in [-0.3, -0.25) is 14.4 Å². The summed E-state index contributed by atoms with van der Waals surface area (Å²) in [6.07, 6.45) is 9.23. The maximum absolute atomic E-state index is 14.0. The van der Waals surface area contributed by atoms with E-state index in [4.69, 9.17) is 0 Å². The van der Waals surface area contributed by atoms with Gasteiger partial charge in [0.2, 0.25) is 5.91 Å². The second kappa shape index (κ2) is 8.77. The highest BCUT2D eigenvalue weighted by molar-refractivity contribution is 6.05. The monoisotopic (exact) mass is 444 g/mol. The molecule has 1 aliphatic heterocycles. The van der Waals surface area contributed by atoms with Crippen molar-refractivity contribution in [3.63, 3.8) is 0 Å². The minimum Gasteiger partial charge on any atom is -0.329 e. The molecule has 5 rings (SSSR count). The first-order valence-electron chi connectivity index (χ1n) is 12.4. The van der Waals surface area contributed by atoms with Crippen LogP contribution in [0.1, 0.15) is 96.9 Å². The first-order chi connectivity index (χ1) is 16.0. The molecule has 2 fully saturated rings. The Hall–Kier alpha value is -2.95. The normalized spacial score (nSPS) is 22.3. The first kappa shape index (κ1) is 21.9. The lowest BCUT2D eigenvalue weighted by Gasteiger charge is -2.56. The van der Waals surface area contributed by atoms with Crippen LogP contribution < -0.4 is 5.32 Å². The molecule has 0 aromatic heterocycles. The van der Waals surface area contributed by atoms with E-state index < -0.39 is 11.5 Å². The Kier molecular flexibility index (Phi) is 5.81. The minimum atomic E-state index is -0.485. The zero-order chi connectivity index (χ0) is 23.0. The third kappa shape index (κ3) is 3.77. The van der Waals surface area contributed by atoms with Crippen LogP contribution >= 0.6 is 0 Å². The van der Waals surface area contributed by atoms with Crippen molar-refractivity contribution < 1.29 is 14.4 Å². The zero-order valence-corrected chi connectivity index (χ0v) is 19.3. The van der Waals surface area contributed by atoms with Crippen LogP contribution in [0.4, 0.5) is 5.69 Å². The Morgan fingerprint density at radius 3 is 2.39 bits per heavy atom. The van der Waals surface area contributed by atoms with Gasteiger partial charge in [0.1, 0.15) is 0 Å². The largest absolute Gasteiger partial charge is 0.329 e. The summed E-state index contributed by atoms with van der Waals surface area (Å²) in [6.45, 7) is 1.53. The average molecular weight is 445 g/mol. The van der Waals surface area contributed by atoms with Crippen molar-refractivity contribution in [2.24, 2.45) is 0 Å². The van der Waals surface area contributed by atoms with E-state index in [1.807, 2.05) is 30.3 Å². The van der Waals surface area contributed by atoms with Crippen LogP contribution in [0.25, 0.3) is 0 Å². The van der Waals surface area contributed by atoms with Crippen LogP contribution in [0.2, 0.25) is 0 Å². The summed E-state index contributed by atoms with van der Waals surface area (Å²) < 4.78 is 0. The van der Waals surface area contributed by atoms with E-state index in [9.17, 15) is 14.4 Å². The molecule has 2 saturated carbocycles. The number of carbonyl (C=O) groups excluding carboxylic acids is 3. The van der Waals surface area contributed by atoms with E-state index >= 15 is 0 Å². The quantitative estimate of drug-likeness (QED) is 0.614. The van der Waals surface area contributed by atoms with Crippen molar-refractivity contribution in [3.05, 3.63) is 65.2 Å². The van der Waals surface area contributed by atoms with Crippen molar-refractivity contribution in [2.75, 3.05) is 5.32 Å². The molecule has 0 radical (unpaired) electrons. The fourth-order valence-electron chi connectivity index (χ4n) is 6.51. The molecule has 1 heterocycles. The Labute approximate surface area is 195 Å². The molecule has 0 saturated heterocycles. The number of nitrogens with one attached hydrogen (secondary N) is 1. The number of anilines is 1. The number of fused-ring (bicyclic) bond motifs is 1. The third-order valence-electron chi connectivity index (χ3n) is 7.95. The fourth-order valence-corrected chi connectivity index (χ4v) is 6.51. The second-order valence-electron chi connectivity index (χ2n) is 9.92. The van der Waals surface area contributed by atoms with E-state index in [-0.39, 0.29) is 23.6 Å². The van der Waals surface area contributed by atoms with Gasteiger partial charge in [0.25, 0.3) is 5.91 Å². The van der Waals surface area contributed by atoms with Crippen LogP contribution in [0.15, 0.2) is 48.5 Å². The van der Waals surface area contributed by atoms with Gasteiger partial charge in [-0.1, -0.05) is 62.4 Å². The molecule has 2 aliphatic carbocycles. The fraction of sp³-hybridized carbons (Fsp3) is 0.464. The predicted molar refractivity (Wildman–Crippen MR) is 129 cm³/mol. The number of Topliss-reactive ketones (excluding diaryl/α,β-unsaturated/α-hetero) is 1. The molecule has 0 bridgehead atoms. The summed E-state index contributed by atoms with van der Waals surface area (Å²) in [5, 5.41) is 3.12. The summed E-state index contributed by atoms with van der Waals surface area (Å²) in [5.41, 5.74) is 2.23. The van der Waals surface area contributed by atoms with Gasteiger partial charge in [-0.15, -0.1) is 0 Å². The highest BCUT2D eigenvalue weighted by Crippen LogP contribution is 2.51. The van der Waals surface area contributed by atoms with Crippen molar-refractivity contribution in [2.45, 2.75) is 82.2 Å². The lowest BCUT2D eigenvalue weighted by atomic mass is 9.64. The molecule has 33 heavy (non-hydrogen) atoms. The van der Waals surface area contributed by atoms with Gasteiger partial charge in [-0.05, 0) is 56.4 Å². The number of rotatable bonds is 4. The van der Waals surface area contributed by atoms with Gasteiger partial charge >= 0.3 is 0 Å². The lowest BCUT2D eigenvalue weighted by molar-refractivity contribution is -0.123. The Morgan fingerprint density at radius 1 is 0.939 bits per heavy atom. The summed E-state index contributed by atoms with van der Waals surface area (Å²) in [7, 11) is 0. The highest BCUT2D eigenvalue weighted by atomic mass is 16.2. The van der Waals surface area contributed by atoms with Crippen molar-refractivity contribution in [3.8, 4) is 0 Å². The van der Waals surface area contributed by atoms with E-state index in [1.54, 1.807) is 18.2 Å². The maximum Gasteiger partial charge on any atom is 0.254 e. The molecular formula is C28H32N2O3. The summed E-state index contributed by atoms with van der Waals surface area (Å²) in [4.78, 5) is 41.9. The van der Waals surface area contributed by atoms with Crippen molar-refractivity contribution in [1.29, 1.82) is 0 Å². The van der Waals surface area contributed by atoms with E-state index in [2.05, 4.69) is 10.2 Å². The number of carbonyl (C=O) groups is 3. The summed E-state index contributed by atoms with van der Waals surface area (Å²) >= 11 is 0. The molecule has 1 atom stereocenters. The number of nitrogens with zero attached hydrogens (tertiary/aromatic N) is 1. The average Bonchev–Trinajstić information content (AvgIpc) is 3.34. The van der Waals surface area contributed by atoms with Crippen molar-refractivity contribution in [1.82, 2.24) is 4.90 Å². The summed E-state index contributed by atoms with van der Waals surface area (Å²) in [6, 6.07) is 15.0. The number of ketones is 1. The Morgan fingerprint density at radius 2 is 1.67 bits per heavy atom. The minimum absolute atomic E-state index is 0.0316. The third-order valence-corrected chi connectivity index (χ3v) is 7.95. The van der Waals surface area contributed by atoms with Gasteiger partial charge in [-0.25, -0.2) is 0 Å². The lowest BCUT2D eigenvalue weighted by Crippen LogP contribution is -2.64. The molecule has 2 aromatic rings. The smallest absolute Gasteiger partial charge is 0.254 e. The van der Waals surface area contributed by atoms with Crippen LogP contribution in [0, 0.1) is 0 Å². The van der Waals surface area contributed by atoms with Crippen LogP contribution in [0.3, 0.4) is 0 Å². The highest BCUT2D eigenvalue weighted by Gasteiger charge is 2.56. The summed E-state index contributed by atoms with van der Waals surface area (Å²) in [5.74, 6) is -0.438. The van der Waals surface area contributed by atoms with Crippen molar-refractivity contribution >= 4 is 23.3 Å². The number of hydrogen-bond acceptors (Lipinski definition) is 3.